The standard InChI is InChI=1S/C28H24NS.C14H16NSi.Ir/c1-18(2)19(3)21-13-14-29-26(16-21)23-9-11-24-25-15-22(20-7-5-4-6-8-20)10-12-27(25)30-28(24)17-23;1-16(2,3)13-9-10-14(15-11-13)12-7-5-4-6-8-12;/h4-16,18-19H,1-3H3;4-7,9-11H,1-3H3;/q2*-1;. The van der Waals surface area contributed by atoms with Crippen molar-refractivity contribution in [3.05, 3.63) is 139 Å². The first-order valence-electron chi connectivity index (χ1n) is 16.0. The predicted molar refractivity (Wildman–Crippen MR) is 202 cm³/mol. The molecule has 0 N–H and O–H groups in total. The summed E-state index contributed by atoms with van der Waals surface area (Å²) < 4.78 is 2.49. The Morgan fingerprint density at radius 2 is 1.47 bits per heavy atom. The van der Waals surface area contributed by atoms with E-state index in [4.69, 9.17) is 0 Å². The average Bonchev–Trinajstić information content (AvgIpc) is 3.46. The van der Waals surface area contributed by atoms with Gasteiger partial charge in [0.2, 0.25) is 0 Å². The van der Waals surface area contributed by atoms with Crippen LogP contribution in [0.3, 0.4) is 0 Å². The van der Waals surface area contributed by atoms with Gasteiger partial charge in [0.15, 0.2) is 0 Å². The Bertz CT molecular complexity index is 2060. The molecule has 5 heteroatoms. The van der Waals surface area contributed by atoms with E-state index in [9.17, 15) is 0 Å². The zero-order chi connectivity index (χ0) is 32.3. The molecule has 0 aliphatic heterocycles. The summed E-state index contributed by atoms with van der Waals surface area (Å²) in [7, 11) is -1.23. The minimum atomic E-state index is -1.23. The first kappa shape index (κ1) is 34.6. The molecule has 0 spiro atoms. The van der Waals surface area contributed by atoms with Crippen LogP contribution in [0.5, 0.6) is 0 Å². The van der Waals surface area contributed by atoms with Gasteiger partial charge in [-0.15, -0.1) is 59.7 Å². The Hall–Kier alpha value is -3.73. The molecule has 0 aliphatic carbocycles. The maximum atomic E-state index is 4.64. The fourth-order valence-corrected chi connectivity index (χ4v) is 7.60. The SMILES string of the molecule is CC(C)C(C)c1ccnc(-c2[c-]c3sc4ccc(-c5ccccc5)cc4c3cc2)c1.C[Si](C)(C)c1ccc(-c2[c-]cccc2)nc1.[Ir]. The van der Waals surface area contributed by atoms with Crippen LogP contribution in [0.15, 0.2) is 122 Å². The number of nitrogens with zero attached hydrogens (tertiary/aromatic N) is 2. The topological polar surface area (TPSA) is 25.8 Å². The summed E-state index contributed by atoms with van der Waals surface area (Å²) >= 11 is 1.81. The first-order valence-corrected chi connectivity index (χ1v) is 20.3. The number of rotatable bonds is 6. The molecule has 0 bridgehead atoms. The number of fused-ring (bicyclic) bond motifs is 3. The Labute approximate surface area is 298 Å². The van der Waals surface area contributed by atoms with Crippen LogP contribution in [0.4, 0.5) is 0 Å². The zero-order valence-corrected chi connectivity index (χ0v) is 32.0. The van der Waals surface area contributed by atoms with E-state index in [1.165, 1.54) is 42.0 Å². The molecule has 239 valence electrons. The van der Waals surface area contributed by atoms with Crippen molar-refractivity contribution in [3.8, 4) is 33.6 Å². The fourth-order valence-electron chi connectivity index (χ4n) is 5.48. The van der Waals surface area contributed by atoms with Crippen molar-refractivity contribution in [2.75, 3.05) is 0 Å². The molecule has 0 saturated heterocycles. The van der Waals surface area contributed by atoms with Crippen LogP contribution in [0.25, 0.3) is 53.8 Å². The van der Waals surface area contributed by atoms with E-state index in [0.29, 0.717) is 11.8 Å². The van der Waals surface area contributed by atoms with Crippen LogP contribution in [0.2, 0.25) is 19.6 Å². The second-order valence-electron chi connectivity index (χ2n) is 13.3. The number of pyridine rings is 2. The second kappa shape index (κ2) is 15.0. The second-order valence-corrected chi connectivity index (χ2v) is 19.4. The number of hydrogen-bond acceptors (Lipinski definition) is 3. The van der Waals surface area contributed by atoms with Crippen molar-refractivity contribution in [2.45, 2.75) is 46.3 Å². The van der Waals surface area contributed by atoms with Crippen LogP contribution in [0, 0.1) is 18.1 Å². The summed E-state index contributed by atoms with van der Waals surface area (Å²) in [5.74, 6) is 1.12. The molecule has 0 aliphatic rings. The summed E-state index contributed by atoms with van der Waals surface area (Å²) in [6, 6.07) is 45.2. The van der Waals surface area contributed by atoms with Gasteiger partial charge in [0, 0.05) is 37.2 Å². The Kier molecular flexibility index (Phi) is 11.0. The minimum Gasteiger partial charge on any atom is -0.305 e. The molecule has 2 nitrogen and oxygen atoms in total. The third kappa shape index (κ3) is 8.05. The van der Waals surface area contributed by atoms with Crippen molar-refractivity contribution in [1.29, 1.82) is 0 Å². The van der Waals surface area contributed by atoms with Crippen molar-refractivity contribution in [1.82, 2.24) is 9.97 Å². The van der Waals surface area contributed by atoms with Gasteiger partial charge in [-0.05, 0) is 61.8 Å². The summed E-state index contributed by atoms with van der Waals surface area (Å²) in [6.07, 6.45) is 3.95. The average molecular weight is 825 g/mol. The molecular weight excluding hydrogens is 785 g/mol. The van der Waals surface area contributed by atoms with Gasteiger partial charge in [0.05, 0.1) is 8.07 Å². The molecule has 0 saturated carbocycles. The van der Waals surface area contributed by atoms with Gasteiger partial charge in [0.25, 0.3) is 0 Å². The molecule has 3 heterocycles. The van der Waals surface area contributed by atoms with Gasteiger partial charge in [0.1, 0.15) is 0 Å². The van der Waals surface area contributed by atoms with Gasteiger partial charge < -0.3 is 9.97 Å². The normalized spacial score (nSPS) is 12.0. The van der Waals surface area contributed by atoms with E-state index >= 15 is 0 Å². The largest absolute Gasteiger partial charge is 0.305 e. The van der Waals surface area contributed by atoms with Crippen molar-refractivity contribution >= 4 is 44.8 Å². The molecule has 7 rings (SSSR count). The van der Waals surface area contributed by atoms with Crippen LogP contribution in [-0.2, 0) is 20.1 Å². The van der Waals surface area contributed by atoms with E-state index in [0.717, 1.165) is 22.5 Å². The third-order valence-corrected chi connectivity index (χ3v) is 11.8. The van der Waals surface area contributed by atoms with E-state index < -0.39 is 8.07 Å². The maximum absolute atomic E-state index is 4.64. The Morgan fingerprint density at radius 1 is 0.681 bits per heavy atom. The fraction of sp³-hybridized carbons (Fsp3) is 0.190. The molecule has 3 aromatic heterocycles. The summed E-state index contributed by atoms with van der Waals surface area (Å²) in [4.78, 5) is 9.16. The summed E-state index contributed by atoms with van der Waals surface area (Å²) in [5.41, 5.74) is 7.97. The molecule has 47 heavy (non-hydrogen) atoms. The van der Waals surface area contributed by atoms with Crippen LogP contribution in [-0.4, -0.2) is 18.0 Å². The van der Waals surface area contributed by atoms with E-state index in [1.807, 2.05) is 36.7 Å². The molecular formula is C42H40IrN2SSi-2. The molecule has 0 amide bonds. The number of aromatic nitrogens is 2. The number of benzene rings is 4. The monoisotopic (exact) mass is 825 g/mol. The van der Waals surface area contributed by atoms with E-state index in [-0.39, 0.29) is 20.1 Å². The Balaban J connectivity index is 0.000000217. The van der Waals surface area contributed by atoms with E-state index in [1.54, 1.807) is 11.3 Å². The van der Waals surface area contributed by atoms with Crippen LogP contribution in [0.1, 0.15) is 32.3 Å². The maximum Gasteiger partial charge on any atom is 0.0795 e. The van der Waals surface area contributed by atoms with Gasteiger partial charge in [-0.1, -0.05) is 112 Å². The minimum absolute atomic E-state index is 0. The predicted octanol–water partition coefficient (Wildman–Crippen LogP) is 11.4. The smallest absolute Gasteiger partial charge is 0.0795 e. The Morgan fingerprint density at radius 3 is 2.15 bits per heavy atom. The van der Waals surface area contributed by atoms with Gasteiger partial charge in [-0.2, -0.15) is 11.3 Å². The van der Waals surface area contributed by atoms with Crippen molar-refractivity contribution < 1.29 is 20.1 Å². The molecule has 1 unspecified atom stereocenters. The first-order chi connectivity index (χ1) is 22.2. The van der Waals surface area contributed by atoms with Crippen LogP contribution < -0.4 is 5.19 Å². The van der Waals surface area contributed by atoms with Gasteiger partial charge >= 0.3 is 0 Å². The molecule has 1 radical (unpaired) electrons. The molecule has 7 aromatic rings. The molecule has 4 aromatic carbocycles. The summed E-state index contributed by atoms with van der Waals surface area (Å²) in [5, 5.41) is 3.96. The molecule has 0 fully saturated rings. The molecule has 1 atom stereocenters. The van der Waals surface area contributed by atoms with Crippen molar-refractivity contribution in [3.63, 3.8) is 0 Å². The zero-order valence-electron chi connectivity index (χ0n) is 27.8. The van der Waals surface area contributed by atoms with Crippen LogP contribution >= 0.6 is 11.3 Å². The quantitative estimate of drug-likeness (QED) is 0.123. The van der Waals surface area contributed by atoms with Gasteiger partial charge in [-0.25, -0.2) is 0 Å². The van der Waals surface area contributed by atoms with Crippen molar-refractivity contribution in [2.24, 2.45) is 5.92 Å². The third-order valence-electron chi connectivity index (χ3n) is 8.70. The number of thiophene rings is 1. The number of hydrogen-bond donors (Lipinski definition) is 0. The van der Waals surface area contributed by atoms with Gasteiger partial charge in [-0.3, -0.25) is 0 Å². The summed E-state index contributed by atoms with van der Waals surface area (Å²) in [6.45, 7) is 13.8. The van der Waals surface area contributed by atoms with E-state index in [2.05, 4.69) is 147 Å².